The Hall–Kier alpha value is -4.70. The molecular formula is C37H32N2O2. The molecule has 2 N–H and O–H groups in total. The predicted molar refractivity (Wildman–Crippen MR) is 164 cm³/mol. The smallest absolute Gasteiger partial charge is 0.339 e. The van der Waals surface area contributed by atoms with E-state index in [1.54, 1.807) is 0 Å². The molecule has 3 aliphatic rings. The summed E-state index contributed by atoms with van der Waals surface area (Å²) in [6, 6.07) is 31.9. The second kappa shape index (κ2) is 10.4. The van der Waals surface area contributed by atoms with Crippen molar-refractivity contribution in [3.05, 3.63) is 142 Å². The van der Waals surface area contributed by atoms with Crippen LogP contribution in [0.1, 0.15) is 68.2 Å². The zero-order valence-corrected chi connectivity index (χ0v) is 23.2. The van der Waals surface area contributed by atoms with Gasteiger partial charge in [-0.25, -0.2) is 4.79 Å². The molecule has 0 saturated heterocycles. The van der Waals surface area contributed by atoms with E-state index in [4.69, 9.17) is 10.5 Å². The molecule has 0 unspecified atom stereocenters. The van der Waals surface area contributed by atoms with Crippen LogP contribution in [0.3, 0.4) is 0 Å². The Kier molecular flexibility index (Phi) is 6.39. The van der Waals surface area contributed by atoms with Crippen LogP contribution in [0.4, 0.5) is 5.69 Å². The highest BCUT2D eigenvalue weighted by Gasteiger charge is 2.26. The predicted octanol–water partition coefficient (Wildman–Crippen LogP) is 7.75. The molecule has 0 amide bonds. The monoisotopic (exact) mass is 536 g/mol. The van der Waals surface area contributed by atoms with Gasteiger partial charge in [-0.05, 0) is 105 Å². The van der Waals surface area contributed by atoms with E-state index in [-0.39, 0.29) is 5.97 Å². The van der Waals surface area contributed by atoms with Gasteiger partial charge in [-0.1, -0.05) is 72.8 Å². The number of nitrogens with two attached hydrogens (primary N) is 1. The number of carbonyl (C=O) groups excluding carboxylic acids is 1. The number of nitrogen functional groups attached to an aromatic ring is 1. The normalized spacial score (nSPS) is 13.8. The summed E-state index contributed by atoms with van der Waals surface area (Å²) in [5.41, 5.74) is 21.2. The van der Waals surface area contributed by atoms with Gasteiger partial charge in [0.2, 0.25) is 0 Å². The highest BCUT2D eigenvalue weighted by Crippen LogP contribution is 2.41. The number of aromatic nitrogens is 1. The van der Waals surface area contributed by atoms with E-state index in [1.807, 2.05) is 18.3 Å². The van der Waals surface area contributed by atoms with Gasteiger partial charge in [0, 0.05) is 18.3 Å². The molecular weight excluding hydrogens is 504 g/mol. The summed E-state index contributed by atoms with van der Waals surface area (Å²) in [5.74, 6) is 0.266. The lowest BCUT2D eigenvalue weighted by molar-refractivity contribution is 0.0599. The van der Waals surface area contributed by atoms with Crippen molar-refractivity contribution in [1.29, 1.82) is 0 Å². The van der Waals surface area contributed by atoms with Crippen molar-refractivity contribution in [2.75, 3.05) is 12.8 Å². The van der Waals surface area contributed by atoms with Crippen LogP contribution in [0, 0.1) is 0 Å². The van der Waals surface area contributed by atoms with Crippen LogP contribution in [0.5, 0.6) is 0 Å². The molecule has 5 aromatic rings. The number of fused-ring (bicyclic) bond motifs is 6. The highest BCUT2D eigenvalue weighted by atomic mass is 16.5. The first kappa shape index (κ1) is 25.3. The van der Waals surface area contributed by atoms with Crippen molar-refractivity contribution >= 4 is 11.7 Å². The van der Waals surface area contributed by atoms with Crippen molar-refractivity contribution in [1.82, 2.24) is 4.98 Å². The maximum atomic E-state index is 12.3. The minimum absolute atomic E-state index is 0.298. The standard InChI is InChI=1S/C24H21NO2.C13H11N/c1-27-24(26)22-13-19(16-7-8-16)14-25-23(22)11-15-6-9-21-18(10-15)12-17-4-2-3-5-20(17)21;14-11-5-6-13-10(8-11)7-9-3-1-2-4-12(9)13/h2-6,9-10,13-14,16H,7-8,11-12H2,1H3;1-6,8H,7,14H2. The maximum Gasteiger partial charge on any atom is 0.339 e. The van der Waals surface area contributed by atoms with Gasteiger partial charge in [0.1, 0.15) is 0 Å². The summed E-state index contributed by atoms with van der Waals surface area (Å²) < 4.78 is 5.01. The third kappa shape index (κ3) is 4.91. The Balaban J connectivity index is 0.000000165. The molecule has 3 aliphatic carbocycles. The van der Waals surface area contributed by atoms with Crippen LogP contribution in [0.15, 0.2) is 97.2 Å². The van der Waals surface area contributed by atoms with Crippen LogP contribution in [-0.2, 0) is 24.0 Å². The van der Waals surface area contributed by atoms with Crippen LogP contribution in [0.25, 0.3) is 22.3 Å². The van der Waals surface area contributed by atoms with Crippen LogP contribution < -0.4 is 5.73 Å². The molecule has 202 valence electrons. The molecule has 8 rings (SSSR count). The lowest BCUT2D eigenvalue weighted by Gasteiger charge is -2.10. The molecule has 1 heterocycles. The summed E-state index contributed by atoms with van der Waals surface area (Å²) in [5, 5.41) is 0. The largest absolute Gasteiger partial charge is 0.465 e. The minimum atomic E-state index is -0.298. The first-order valence-electron chi connectivity index (χ1n) is 14.3. The van der Waals surface area contributed by atoms with E-state index in [9.17, 15) is 4.79 Å². The third-order valence-electron chi connectivity index (χ3n) is 8.49. The van der Waals surface area contributed by atoms with Gasteiger partial charge in [0.25, 0.3) is 0 Å². The first-order valence-corrected chi connectivity index (χ1v) is 14.3. The van der Waals surface area contributed by atoms with Crippen LogP contribution in [-0.4, -0.2) is 18.1 Å². The van der Waals surface area contributed by atoms with Gasteiger partial charge in [-0.3, -0.25) is 4.98 Å². The van der Waals surface area contributed by atoms with Crippen LogP contribution >= 0.6 is 0 Å². The number of rotatable bonds is 4. The van der Waals surface area contributed by atoms with Gasteiger partial charge in [-0.2, -0.15) is 0 Å². The van der Waals surface area contributed by atoms with E-state index in [2.05, 4.69) is 83.8 Å². The second-order valence-electron chi connectivity index (χ2n) is 11.3. The molecule has 0 spiro atoms. The topological polar surface area (TPSA) is 65.2 Å². The zero-order chi connectivity index (χ0) is 27.9. The fourth-order valence-electron chi connectivity index (χ4n) is 6.24. The molecule has 0 bridgehead atoms. The van der Waals surface area contributed by atoms with E-state index in [0.717, 1.165) is 29.8 Å². The summed E-state index contributed by atoms with van der Waals surface area (Å²) >= 11 is 0. The number of methoxy groups -OCH3 is 1. The fourth-order valence-corrected chi connectivity index (χ4v) is 6.24. The molecule has 4 heteroatoms. The van der Waals surface area contributed by atoms with E-state index < -0.39 is 0 Å². The summed E-state index contributed by atoms with van der Waals surface area (Å²) in [6.07, 6.45) is 6.94. The lowest BCUT2D eigenvalue weighted by Crippen LogP contribution is -2.09. The molecule has 1 saturated carbocycles. The Bertz CT molecular complexity index is 1800. The summed E-state index contributed by atoms with van der Waals surface area (Å²) in [4.78, 5) is 16.9. The second-order valence-corrected chi connectivity index (χ2v) is 11.3. The Morgan fingerprint density at radius 2 is 1.39 bits per heavy atom. The van der Waals surface area contributed by atoms with Gasteiger partial charge in [0.05, 0.1) is 18.4 Å². The lowest BCUT2D eigenvalue weighted by atomic mass is 9.98. The number of anilines is 1. The zero-order valence-electron chi connectivity index (χ0n) is 23.2. The average Bonchev–Trinajstić information content (AvgIpc) is 3.69. The van der Waals surface area contributed by atoms with Gasteiger partial charge < -0.3 is 10.5 Å². The Morgan fingerprint density at radius 3 is 2.05 bits per heavy atom. The number of esters is 1. The van der Waals surface area contributed by atoms with E-state index >= 15 is 0 Å². The molecule has 0 radical (unpaired) electrons. The average molecular weight is 537 g/mol. The number of nitrogens with zero attached hydrogens (tertiary/aromatic N) is 1. The van der Waals surface area contributed by atoms with Crippen LogP contribution in [0.2, 0.25) is 0 Å². The highest BCUT2D eigenvalue weighted by molar-refractivity contribution is 5.91. The number of ether oxygens (including phenoxy) is 1. The minimum Gasteiger partial charge on any atom is -0.465 e. The number of carbonyl (C=O) groups is 1. The molecule has 41 heavy (non-hydrogen) atoms. The van der Waals surface area contributed by atoms with Gasteiger partial charge in [0.15, 0.2) is 0 Å². The molecule has 0 aliphatic heterocycles. The number of hydrogen-bond acceptors (Lipinski definition) is 4. The van der Waals surface area contributed by atoms with Crippen molar-refractivity contribution in [3.63, 3.8) is 0 Å². The molecule has 1 fully saturated rings. The third-order valence-corrected chi connectivity index (χ3v) is 8.49. The summed E-state index contributed by atoms with van der Waals surface area (Å²) in [6.45, 7) is 0. The van der Waals surface area contributed by atoms with E-state index in [0.29, 0.717) is 17.9 Å². The van der Waals surface area contributed by atoms with Crippen molar-refractivity contribution in [3.8, 4) is 22.3 Å². The number of hydrogen-bond donors (Lipinski definition) is 1. The maximum absolute atomic E-state index is 12.3. The first-order chi connectivity index (χ1) is 20.1. The Morgan fingerprint density at radius 1 is 0.780 bits per heavy atom. The molecule has 4 aromatic carbocycles. The number of benzene rings is 4. The SMILES string of the molecule is COC(=O)c1cc(C2CC2)cnc1Cc1ccc2c(c1)Cc1ccccc1-2.Nc1ccc2c(c1)Cc1ccccc1-2. The van der Waals surface area contributed by atoms with Crippen molar-refractivity contribution in [2.24, 2.45) is 0 Å². The molecule has 0 atom stereocenters. The van der Waals surface area contributed by atoms with Gasteiger partial charge in [-0.15, -0.1) is 0 Å². The quantitative estimate of drug-likeness (QED) is 0.185. The fraction of sp³-hybridized carbons (Fsp3) is 0.189. The molecule has 1 aromatic heterocycles. The number of pyridine rings is 1. The van der Waals surface area contributed by atoms with E-state index in [1.165, 1.54) is 70.0 Å². The van der Waals surface area contributed by atoms with Crippen molar-refractivity contribution in [2.45, 2.75) is 38.0 Å². The molecule has 4 nitrogen and oxygen atoms in total. The Labute approximate surface area is 240 Å². The van der Waals surface area contributed by atoms with Crippen molar-refractivity contribution < 1.29 is 9.53 Å². The van der Waals surface area contributed by atoms with Gasteiger partial charge >= 0.3 is 5.97 Å². The summed E-state index contributed by atoms with van der Waals surface area (Å²) in [7, 11) is 1.43.